The molecule has 0 radical (unpaired) electrons. The second kappa shape index (κ2) is 10.3. The zero-order valence-corrected chi connectivity index (χ0v) is 16.1. The summed E-state index contributed by atoms with van der Waals surface area (Å²) in [6.45, 7) is 2.88. The summed E-state index contributed by atoms with van der Waals surface area (Å²) >= 11 is 0. The van der Waals surface area contributed by atoms with Crippen LogP contribution in [0.1, 0.15) is 30.9 Å². The summed E-state index contributed by atoms with van der Waals surface area (Å²) in [6.07, 6.45) is 6.38. The molecular weight excluding hydrogens is 354 g/mol. The summed E-state index contributed by atoms with van der Waals surface area (Å²) in [5, 5.41) is 6.82. The summed E-state index contributed by atoms with van der Waals surface area (Å²) in [7, 11) is 0. The van der Waals surface area contributed by atoms with Crippen molar-refractivity contribution in [1.29, 1.82) is 0 Å². The van der Waals surface area contributed by atoms with Crippen molar-refractivity contribution in [2.45, 2.75) is 32.6 Å². The first-order valence-electron chi connectivity index (χ1n) is 9.56. The summed E-state index contributed by atoms with van der Waals surface area (Å²) < 4.78 is 10.8. The van der Waals surface area contributed by atoms with E-state index in [0.29, 0.717) is 26.1 Å². The van der Waals surface area contributed by atoms with Gasteiger partial charge in [0.15, 0.2) is 0 Å². The van der Waals surface area contributed by atoms with Gasteiger partial charge in [-0.05, 0) is 55.5 Å². The molecule has 1 N–H and O–H groups in total. The predicted octanol–water partition coefficient (Wildman–Crippen LogP) is 3.98. The number of hydrogen-bond donors (Lipinski definition) is 1. The highest BCUT2D eigenvalue weighted by Crippen LogP contribution is 2.17. The Morgan fingerprint density at radius 2 is 1.96 bits per heavy atom. The minimum Gasteiger partial charge on any atom is -0.492 e. The maximum absolute atomic E-state index is 11.5. The molecule has 6 nitrogen and oxygen atoms in total. The fourth-order valence-electron chi connectivity index (χ4n) is 2.91. The normalized spacial score (nSPS) is 10.6. The number of rotatable bonds is 10. The van der Waals surface area contributed by atoms with Crippen LogP contribution >= 0.6 is 0 Å². The number of nitrogens with one attached hydrogen (secondary N) is 1. The molecule has 0 bridgehead atoms. The van der Waals surface area contributed by atoms with E-state index >= 15 is 0 Å². The van der Waals surface area contributed by atoms with E-state index in [0.717, 1.165) is 35.5 Å². The molecule has 0 atom stereocenters. The lowest BCUT2D eigenvalue weighted by molar-refractivity contribution is -0.143. The van der Waals surface area contributed by atoms with Crippen LogP contribution in [0.25, 0.3) is 11.4 Å². The van der Waals surface area contributed by atoms with Crippen molar-refractivity contribution < 1.29 is 14.3 Å². The van der Waals surface area contributed by atoms with Gasteiger partial charge in [0.25, 0.3) is 0 Å². The highest BCUT2D eigenvalue weighted by Gasteiger charge is 2.04. The molecule has 0 unspecified atom stereocenters. The Hall–Kier alpha value is -3.15. The van der Waals surface area contributed by atoms with Crippen LogP contribution in [0.4, 0.5) is 0 Å². The third-order valence-corrected chi connectivity index (χ3v) is 4.31. The van der Waals surface area contributed by atoms with Gasteiger partial charge in [-0.2, -0.15) is 5.10 Å². The van der Waals surface area contributed by atoms with E-state index in [-0.39, 0.29) is 5.97 Å². The average Bonchev–Trinajstić information content (AvgIpc) is 3.26. The number of benzene rings is 1. The number of carbonyl (C=O) groups excluding carboxylic acids is 1. The Kier molecular flexibility index (Phi) is 7.18. The van der Waals surface area contributed by atoms with Crippen molar-refractivity contribution in [1.82, 2.24) is 15.2 Å². The first-order valence-corrected chi connectivity index (χ1v) is 9.56. The molecule has 0 fully saturated rings. The molecule has 1 aromatic carbocycles. The van der Waals surface area contributed by atoms with Gasteiger partial charge in [0.05, 0.1) is 30.8 Å². The number of aryl methyl sites for hydroxylation is 2. The average molecular weight is 379 g/mol. The number of hydrogen-bond acceptors (Lipinski definition) is 5. The van der Waals surface area contributed by atoms with Gasteiger partial charge in [-0.3, -0.25) is 14.9 Å². The predicted molar refractivity (Wildman–Crippen MR) is 107 cm³/mol. The van der Waals surface area contributed by atoms with E-state index in [2.05, 4.69) is 27.3 Å². The van der Waals surface area contributed by atoms with E-state index in [1.807, 2.05) is 37.3 Å². The van der Waals surface area contributed by atoms with Crippen LogP contribution in [-0.4, -0.2) is 34.4 Å². The molecule has 0 amide bonds. The number of pyridine rings is 1. The summed E-state index contributed by atoms with van der Waals surface area (Å²) in [4.78, 5) is 15.9. The number of carbonyl (C=O) groups is 1. The molecule has 3 aromatic rings. The lowest BCUT2D eigenvalue weighted by Crippen LogP contribution is -2.05. The standard InChI is InChI=1S/C22H25N3O3/c1-2-27-22(26)11-8-18-6-3-5-17(15-18)7-4-14-28-19-9-10-20(23-16-19)21-12-13-24-25-21/h3,5-6,9-10,12-13,15-16H,2,4,7-8,11,14H2,1H3,(H,24,25). The van der Waals surface area contributed by atoms with Crippen LogP contribution < -0.4 is 4.74 Å². The number of aromatic nitrogens is 3. The first kappa shape index (κ1) is 19.6. The molecule has 0 spiro atoms. The summed E-state index contributed by atoms with van der Waals surface area (Å²) in [5.41, 5.74) is 4.13. The Bertz CT molecular complexity index is 861. The van der Waals surface area contributed by atoms with Crippen LogP contribution in [0.5, 0.6) is 5.75 Å². The van der Waals surface area contributed by atoms with Crippen LogP contribution in [0, 0.1) is 0 Å². The summed E-state index contributed by atoms with van der Waals surface area (Å²) in [6, 6.07) is 14.0. The zero-order chi connectivity index (χ0) is 19.6. The third kappa shape index (κ3) is 5.94. The molecule has 0 aliphatic carbocycles. The largest absolute Gasteiger partial charge is 0.492 e. The van der Waals surface area contributed by atoms with E-state index in [9.17, 15) is 4.79 Å². The SMILES string of the molecule is CCOC(=O)CCc1cccc(CCCOc2ccc(-c3ccn[nH]3)nc2)c1. The lowest BCUT2D eigenvalue weighted by Gasteiger charge is -2.08. The highest BCUT2D eigenvalue weighted by molar-refractivity contribution is 5.69. The van der Waals surface area contributed by atoms with Crippen molar-refractivity contribution in [3.63, 3.8) is 0 Å². The molecule has 2 aromatic heterocycles. The highest BCUT2D eigenvalue weighted by atomic mass is 16.5. The Morgan fingerprint density at radius 3 is 2.68 bits per heavy atom. The number of ether oxygens (including phenoxy) is 2. The molecule has 6 heteroatoms. The van der Waals surface area contributed by atoms with Gasteiger partial charge < -0.3 is 9.47 Å². The minimum absolute atomic E-state index is 0.145. The summed E-state index contributed by atoms with van der Waals surface area (Å²) in [5.74, 6) is 0.611. The molecule has 3 rings (SSSR count). The van der Waals surface area contributed by atoms with Crippen LogP contribution in [-0.2, 0) is 22.4 Å². The van der Waals surface area contributed by atoms with Gasteiger partial charge in [-0.15, -0.1) is 0 Å². The van der Waals surface area contributed by atoms with Crippen LogP contribution in [0.3, 0.4) is 0 Å². The molecule has 0 saturated heterocycles. The van der Waals surface area contributed by atoms with Crippen molar-refractivity contribution in [3.8, 4) is 17.1 Å². The van der Waals surface area contributed by atoms with Crippen molar-refractivity contribution >= 4 is 5.97 Å². The van der Waals surface area contributed by atoms with Gasteiger partial charge in [0.2, 0.25) is 0 Å². The van der Waals surface area contributed by atoms with Gasteiger partial charge in [-0.25, -0.2) is 0 Å². The quantitative estimate of drug-likeness (QED) is 0.426. The first-order chi connectivity index (χ1) is 13.7. The smallest absolute Gasteiger partial charge is 0.306 e. The van der Waals surface area contributed by atoms with Crippen molar-refractivity contribution in [2.24, 2.45) is 0 Å². The van der Waals surface area contributed by atoms with Gasteiger partial charge in [0, 0.05) is 12.6 Å². The van der Waals surface area contributed by atoms with E-state index in [1.165, 1.54) is 5.56 Å². The van der Waals surface area contributed by atoms with Crippen LogP contribution in [0.15, 0.2) is 54.9 Å². The number of H-pyrrole nitrogens is 1. The second-order valence-electron chi connectivity index (χ2n) is 6.43. The lowest BCUT2D eigenvalue weighted by atomic mass is 10.0. The fourth-order valence-corrected chi connectivity index (χ4v) is 2.91. The molecule has 0 saturated carbocycles. The topological polar surface area (TPSA) is 77.1 Å². The van der Waals surface area contributed by atoms with E-state index < -0.39 is 0 Å². The van der Waals surface area contributed by atoms with E-state index in [4.69, 9.17) is 9.47 Å². The monoisotopic (exact) mass is 379 g/mol. The molecular formula is C22H25N3O3. The zero-order valence-electron chi connectivity index (χ0n) is 16.1. The van der Waals surface area contributed by atoms with E-state index in [1.54, 1.807) is 12.4 Å². The maximum Gasteiger partial charge on any atom is 0.306 e. The minimum atomic E-state index is -0.145. The number of aromatic amines is 1. The van der Waals surface area contributed by atoms with Gasteiger partial charge in [0.1, 0.15) is 5.75 Å². The number of nitrogens with zero attached hydrogens (tertiary/aromatic N) is 2. The third-order valence-electron chi connectivity index (χ3n) is 4.31. The maximum atomic E-state index is 11.5. The molecule has 2 heterocycles. The Morgan fingerprint density at radius 1 is 1.11 bits per heavy atom. The van der Waals surface area contributed by atoms with Gasteiger partial charge in [-0.1, -0.05) is 24.3 Å². The second-order valence-corrected chi connectivity index (χ2v) is 6.43. The Balaban J connectivity index is 1.41. The molecule has 28 heavy (non-hydrogen) atoms. The van der Waals surface area contributed by atoms with Gasteiger partial charge >= 0.3 is 5.97 Å². The van der Waals surface area contributed by atoms with Crippen molar-refractivity contribution in [2.75, 3.05) is 13.2 Å². The molecule has 0 aliphatic heterocycles. The number of esters is 1. The molecule has 0 aliphatic rings. The van der Waals surface area contributed by atoms with Crippen molar-refractivity contribution in [3.05, 3.63) is 66.0 Å². The fraction of sp³-hybridized carbons (Fsp3) is 0.318. The van der Waals surface area contributed by atoms with Crippen LogP contribution in [0.2, 0.25) is 0 Å². The molecule has 146 valence electrons. The Labute approximate surface area is 164 Å².